The zero-order chi connectivity index (χ0) is 25.7. The molecule has 1 aromatic rings. The fourth-order valence-corrected chi connectivity index (χ4v) is 4.47. The lowest BCUT2D eigenvalue weighted by molar-refractivity contribution is -0.143. The maximum Gasteiger partial charge on any atom is 0.496 e. The predicted octanol–water partition coefficient (Wildman–Crippen LogP) is 6.48. The molecule has 2 aliphatic rings. The quantitative estimate of drug-likeness (QED) is 0.422. The van der Waals surface area contributed by atoms with Crippen LogP contribution in [-0.2, 0) is 14.1 Å². The Bertz CT molecular complexity index is 810. The van der Waals surface area contributed by atoms with E-state index in [4.69, 9.17) is 9.31 Å². The largest absolute Gasteiger partial charge is 0.496 e. The summed E-state index contributed by atoms with van der Waals surface area (Å²) in [6, 6.07) is 3.87. The Morgan fingerprint density at radius 1 is 1.21 bits per heavy atom. The maximum absolute atomic E-state index is 13.7. The summed E-state index contributed by atoms with van der Waals surface area (Å²) in [4.78, 5) is 16.2. The van der Waals surface area contributed by atoms with E-state index in [0.717, 1.165) is 30.4 Å². The summed E-state index contributed by atoms with van der Waals surface area (Å²) in [6.45, 7) is 17.5. The number of carbonyl (C=O) groups excluding carboxylic acids is 1. The third-order valence-electron chi connectivity index (χ3n) is 7.70. The lowest BCUT2D eigenvalue weighted by Crippen LogP contribution is -2.42. The maximum atomic E-state index is 13.7. The fraction of sp³-hybridized carbons (Fsp3) is 0.704. The number of nitrogens with zero attached hydrogens (tertiary/aromatic N) is 1. The topological polar surface area (TPSA) is 48.4 Å². The smallest absolute Gasteiger partial charge is 0.399 e. The fourth-order valence-electron chi connectivity index (χ4n) is 4.47. The SMILES string of the molecule is C=Cc1ccc(B2OC(C)(C)C(C)(C)O2)cn1.CCCCC(=O)C1CC(F)(F)C(C)CC1CC. The standard InChI is InChI=1S/C14H24F2O.C13H18BNO2/c1-4-6-7-13(17)12-9-14(15,16)10(3)8-11(12)5-2;1-6-11-8-7-10(9-15-11)14-16-12(2,3)13(4,5)17-14/h10-12H,4-9H2,1-3H3;6-9H,1H2,2-5H3. The van der Waals surface area contributed by atoms with Gasteiger partial charge in [-0.15, -0.1) is 0 Å². The first kappa shape index (κ1) is 28.6. The molecule has 1 aromatic heterocycles. The zero-order valence-corrected chi connectivity index (χ0v) is 22.0. The van der Waals surface area contributed by atoms with Gasteiger partial charge in [0.15, 0.2) is 0 Å². The van der Waals surface area contributed by atoms with Crippen LogP contribution in [0.15, 0.2) is 24.9 Å². The van der Waals surface area contributed by atoms with Crippen molar-refractivity contribution in [1.29, 1.82) is 0 Å². The molecule has 190 valence electrons. The van der Waals surface area contributed by atoms with E-state index in [0.29, 0.717) is 12.8 Å². The molecule has 3 unspecified atom stereocenters. The molecule has 1 aliphatic carbocycles. The van der Waals surface area contributed by atoms with Crippen molar-refractivity contribution in [2.24, 2.45) is 17.8 Å². The Morgan fingerprint density at radius 2 is 1.82 bits per heavy atom. The van der Waals surface area contributed by atoms with E-state index >= 15 is 0 Å². The number of halogens is 2. The minimum Gasteiger partial charge on any atom is -0.399 e. The van der Waals surface area contributed by atoms with Crippen molar-refractivity contribution < 1.29 is 22.9 Å². The summed E-state index contributed by atoms with van der Waals surface area (Å²) in [5.41, 5.74) is 1.17. The number of Topliss-reactive ketones (excluding diaryl/α,β-unsaturated/α-hetero) is 1. The van der Waals surface area contributed by atoms with E-state index < -0.39 is 17.8 Å². The Hall–Kier alpha value is -1.60. The third kappa shape index (κ3) is 6.75. The highest BCUT2D eigenvalue weighted by Crippen LogP contribution is 2.45. The number of ketones is 1. The Morgan fingerprint density at radius 3 is 2.29 bits per heavy atom. The number of alkyl halides is 2. The molecular weight excluding hydrogens is 435 g/mol. The molecular formula is C27H42BF2NO3. The number of carbonyl (C=O) groups is 1. The van der Waals surface area contributed by atoms with Crippen LogP contribution in [0.5, 0.6) is 0 Å². The van der Waals surface area contributed by atoms with E-state index in [-0.39, 0.29) is 36.4 Å². The van der Waals surface area contributed by atoms with Gasteiger partial charge < -0.3 is 9.31 Å². The molecule has 0 aromatic carbocycles. The van der Waals surface area contributed by atoms with Crippen LogP contribution in [0.4, 0.5) is 8.78 Å². The molecule has 3 rings (SSSR count). The minimum absolute atomic E-state index is 0.0604. The van der Waals surface area contributed by atoms with Crippen LogP contribution < -0.4 is 5.46 Å². The summed E-state index contributed by atoms with van der Waals surface area (Å²) in [7, 11) is -0.341. The van der Waals surface area contributed by atoms with Gasteiger partial charge in [-0.2, -0.15) is 0 Å². The van der Waals surface area contributed by atoms with E-state index in [1.165, 1.54) is 0 Å². The van der Waals surface area contributed by atoms with Crippen LogP contribution >= 0.6 is 0 Å². The first-order valence-corrected chi connectivity index (χ1v) is 12.6. The molecule has 2 heterocycles. The molecule has 0 radical (unpaired) electrons. The average Bonchev–Trinajstić information content (AvgIpc) is 3.00. The van der Waals surface area contributed by atoms with Gasteiger partial charge in [0.1, 0.15) is 5.78 Å². The van der Waals surface area contributed by atoms with Gasteiger partial charge in [-0.05, 0) is 58.6 Å². The van der Waals surface area contributed by atoms with Gasteiger partial charge in [0.25, 0.3) is 5.92 Å². The molecule has 4 nitrogen and oxygen atoms in total. The first-order valence-electron chi connectivity index (χ1n) is 12.6. The summed E-state index contributed by atoms with van der Waals surface area (Å²) in [5, 5.41) is 0. The van der Waals surface area contributed by atoms with Gasteiger partial charge in [-0.1, -0.05) is 46.3 Å². The van der Waals surface area contributed by atoms with Gasteiger partial charge in [0.2, 0.25) is 0 Å². The molecule has 1 saturated carbocycles. The lowest BCUT2D eigenvalue weighted by atomic mass is 9.69. The van der Waals surface area contributed by atoms with Gasteiger partial charge >= 0.3 is 7.12 Å². The van der Waals surface area contributed by atoms with Crippen molar-refractivity contribution in [2.45, 2.75) is 104 Å². The summed E-state index contributed by atoms with van der Waals surface area (Å²) in [6.07, 6.45) is 6.84. The molecule has 0 amide bonds. The van der Waals surface area contributed by atoms with Crippen LogP contribution in [0.2, 0.25) is 0 Å². The minimum atomic E-state index is -2.65. The number of hydrogen-bond donors (Lipinski definition) is 0. The van der Waals surface area contributed by atoms with E-state index in [2.05, 4.69) is 11.6 Å². The van der Waals surface area contributed by atoms with Gasteiger partial charge in [-0.25, -0.2) is 8.78 Å². The van der Waals surface area contributed by atoms with E-state index in [9.17, 15) is 13.6 Å². The monoisotopic (exact) mass is 477 g/mol. The lowest BCUT2D eigenvalue weighted by Gasteiger charge is -2.39. The highest BCUT2D eigenvalue weighted by atomic mass is 19.3. The Balaban J connectivity index is 0.000000240. The predicted molar refractivity (Wildman–Crippen MR) is 135 cm³/mol. The normalized spacial score (nSPS) is 27.0. The molecule has 3 atom stereocenters. The van der Waals surface area contributed by atoms with Crippen LogP contribution in [-0.4, -0.2) is 35.0 Å². The average molecular weight is 477 g/mol. The number of hydrogen-bond acceptors (Lipinski definition) is 4. The van der Waals surface area contributed by atoms with Crippen molar-refractivity contribution in [3.05, 3.63) is 30.6 Å². The van der Waals surface area contributed by atoms with E-state index in [1.54, 1.807) is 19.2 Å². The summed E-state index contributed by atoms with van der Waals surface area (Å²) < 4.78 is 39.2. The van der Waals surface area contributed by atoms with Crippen LogP contribution in [0.25, 0.3) is 6.08 Å². The van der Waals surface area contributed by atoms with Crippen molar-refractivity contribution in [3.63, 3.8) is 0 Å². The molecule has 34 heavy (non-hydrogen) atoms. The number of aromatic nitrogens is 1. The Labute approximate surface area is 205 Å². The molecule has 0 N–H and O–H groups in total. The van der Waals surface area contributed by atoms with Crippen molar-refractivity contribution in [1.82, 2.24) is 4.98 Å². The second-order valence-electron chi connectivity index (χ2n) is 10.8. The Kier molecular flexibility index (Phi) is 9.63. The molecule has 7 heteroatoms. The van der Waals surface area contributed by atoms with Crippen molar-refractivity contribution >= 4 is 24.4 Å². The van der Waals surface area contributed by atoms with Gasteiger partial charge in [-0.3, -0.25) is 9.78 Å². The second kappa shape index (κ2) is 11.4. The van der Waals surface area contributed by atoms with Crippen molar-refractivity contribution in [3.8, 4) is 0 Å². The molecule has 1 saturated heterocycles. The molecule has 2 fully saturated rings. The number of unbranched alkanes of at least 4 members (excludes halogenated alkanes) is 1. The first-order chi connectivity index (χ1) is 15.8. The highest BCUT2D eigenvalue weighted by molar-refractivity contribution is 6.62. The zero-order valence-electron chi connectivity index (χ0n) is 22.0. The number of rotatable bonds is 7. The van der Waals surface area contributed by atoms with Gasteiger partial charge in [0, 0.05) is 36.3 Å². The van der Waals surface area contributed by atoms with Crippen LogP contribution in [0, 0.1) is 17.8 Å². The van der Waals surface area contributed by atoms with Crippen LogP contribution in [0.1, 0.15) is 92.7 Å². The number of pyridine rings is 1. The van der Waals surface area contributed by atoms with E-state index in [1.807, 2.05) is 53.7 Å². The molecule has 1 aliphatic heterocycles. The molecule has 0 spiro atoms. The highest BCUT2D eigenvalue weighted by Gasteiger charge is 2.52. The summed E-state index contributed by atoms with van der Waals surface area (Å²) in [5.74, 6) is -3.42. The molecule has 0 bridgehead atoms. The third-order valence-corrected chi connectivity index (χ3v) is 7.70. The van der Waals surface area contributed by atoms with Crippen molar-refractivity contribution in [2.75, 3.05) is 0 Å². The summed E-state index contributed by atoms with van der Waals surface area (Å²) >= 11 is 0. The van der Waals surface area contributed by atoms with Crippen LogP contribution in [0.3, 0.4) is 0 Å². The second-order valence-corrected chi connectivity index (χ2v) is 10.8. The van der Waals surface area contributed by atoms with Gasteiger partial charge in [0.05, 0.1) is 16.9 Å².